The van der Waals surface area contributed by atoms with Gasteiger partial charge in [0.25, 0.3) is 0 Å². The topological polar surface area (TPSA) is 0 Å². The van der Waals surface area contributed by atoms with Crippen LogP contribution in [0, 0.1) is 0 Å². The molecule has 0 saturated carbocycles. The molecule has 28 heavy (non-hydrogen) atoms. The fourth-order valence-electron chi connectivity index (χ4n) is 3.17. The predicted octanol–water partition coefficient (Wildman–Crippen LogP) is 8.05. The first-order valence-electron chi connectivity index (χ1n) is 10.1. The van der Waals surface area contributed by atoms with E-state index in [-0.39, 0.29) is 0 Å². The van der Waals surface area contributed by atoms with Crippen LogP contribution in [0.5, 0.6) is 0 Å². The van der Waals surface area contributed by atoms with Crippen molar-refractivity contribution in [1.29, 1.82) is 0 Å². The van der Waals surface area contributed by atoms with E-state index < -0.39 is 0 Å². The highest BCUT2D eigenvalue weighted by Crippen LogP contribution is 2.25. The Kier molecular flexibility index (Phi) is 7.64. The highest BCUT2D eigenvalue weighted by atomic mass is 14.0. The van der Waals surface area contributed by atoms with E-state index in [0.717, 1.165) is 0 Å². The van der Waals surface area contributed by atoms with Crippen molar-refractivity contribution in [1.82, 2.24) is 0 Å². The average Bonchev–Trinajstić information content (AvgIpc) is 2.80. The van der Waals surface area contributed by atoms with Crippen LogP contribution in [0.3, 0.4) is 0 Å². The summed E-state index contributed by atoms with van der Waals surface area (Å²) >= 11 is 0. The molecule has 0 atom stereocenters. The minimum atomic E-state index is 1.23. The summed E-state index contributed by atoms with van der Waals surface area (Å²) in [5.41, 5.74) is 6.50. The standard InChI is InChI=1S/C18H14.C10H14/c1-3-8-15(9-4-1)17-12-7-13-18(14-17)16-10-5-2-6-11-16;1-2-3-7-10-8-5-4-6-9-10/h1-14H;4-6,8-9H,2-3,7H2,1H3. The second-order valence-corrected chi connectivity index (χ2v) is 6.90. The van der Waals surface area contributed by atoms with Crippen LogP contribution in [0.2, 0.25) is 0 Å². The Balaban J connectivity index is 0.000000192. The monoisotopic (exact) mass is 364 g/mol. The van der Waals surface area contributed by atoms with Gasteiger partial charge in [0.05, 0.1) is 0 Å². The first kappa shape index (κ1) is 19.6. The molecule has 4 rings (SSSR count). The van der Waals surface area contributed by atoms with Gasteiger partial charge in [-0.15, -0.1) is 0 Å². The van der Waals surface area contributed by atoms with Crippen molar-refractivity contribution in [2.24, 2.45) is 0 Å². The third-order valence-electron chi connectivity index (χ3n) is 4.74. The van der Waals surface area contributed by atoms with Crippen LogP contribution in [0.1, 0.15) is 25.3 Å². The Hall–Kier alpha value is -3.12. The molecular formula is C28H28. The maximum absolute atomic E-state index is 2.24. The summed E-state index contributed by atoms with van der Waals surface area (Å²) in [6.07, 6.45) is 3.83. The maximum Gasteiger partial charge on any atom is -0.0178 e. The average molecular weight is 365 g/mol. The van der Waals surface area contributed by atoms with Gasteiger partial charge in [-0.05, 0) is 46.7 Å². The van der Waals surface area contributed by atoms with E-state index in [9.17, 15) is 0 Å². The first-order chi connectivity index (χ1) is 13.9. The molecule has 4 aromatic rings. The molecule has 0 radical (unpaired) electrons. The van der Waals surface area contributed by atoms with E-state index in [1.165, 1.54) is 47.1 Å². The molecule has 0 aliphatic carbocycles. The van der Waals surface area contributed by atoms with Crippen molar-refractivity contribution >= 4 is 0 Å². The Morgan fingerprint density at radius 2 is 0.893 bits per heavy atom. The molecule has 0 aromatic heterocycles. The van der Waals surface area contributed by atoms with Gasteiger partial charge in [0.15, 0.2) is 0 Å². The van der Waals surface area contributed by atoms with Crippen molar-refractivity contribution < 1.29 is 0 Å². The Bertz CT molecular complexity index is 870. The predicted molar refractivity (Wildman–Crippen MR) is 122 cm³/mol. The lowest BCUT2D eigenvalue weighted by Gasteiger charge is -2.05. The van der Waals surface area contributed by atoms with Gasteiger partial charge in [-0.3, -0.25) is 0 Å². The van der Waals surface area contributed by atoms with E-state index in [1.807, 2.05) is 12.1 Å². The fourth-order valence-corrected chi connectivity index (χ4v) is 3.17. The highest BCUT2D eigenvalue weighted by Gasteiger charge is 2.00. The molecular weight excluding hydrogens is 336 g/mol. The van der Waals surface area contributed by atoms with Crippen molar-refractivity contribution in [3.05, 3.63) is 121 Å². The minimum absolute atomic E-state index is 1.23. The maximum atomic E-state index is 2.24. The van der Waals surface area contributed by atoms with Gasteiger partial charge in [-0.1, -0.05) is 123 Å². The first-order valence-corrected chi connectivity index (χ1v) is 10.1. The van der Waals surface area contributed by atoms with Crippen molar-refractivity contribution in [2.45, 2.75) is 26.2 Å². The SMILES string of the molecule is CCCCc1ccccc1.c1ccc(-c2cccc(-c3ccccc3)c2)cc1. The minimum Gasteiger partial charge on any atom is -0.0654 e. The Labute approximate surface area is 169 Å². The van der Waals surface area contributed by atoms with Crippen molar-refractivity contribution in [2.75, 3.05) is 0 Å². The van der Waals surface area contributed by atoms with Gasteiger partial charge in [0, 0.05) is 0 Å². The summed E-state index contributed by atoms with van der Waals surface area (Å²) < 4.78 is 0. The molecule has 0 unspecified atom stereocenters. The summed E-state index contributed by atoms with van der Waals surface area (Å²) in [7, 11) is 0. The fraction of sp³-hybridized carbons (Fsp3) is 0.143. The van der Waals surface area contributed by atoms with Crippen LogP contribution < -0.4 is 0 Å². The van der Waals surface area contributed by atoms with E-state index >= 15 is 0 Å². The van der Waals surface area contributed by atoms with Crippen LogP contribution in [-0.2, 0) is 6.42 Å². The van der Waals surface area contributed by atoms with Crippen LogP contribution in [-0.4, -0.2) is 0 Å². The number of rotatable bonds is 5. The quantitative estimate of drug-likeness (QED) is 0.336. The van der Waals surface area contributed by atoms with Crippen LogP contribution in [0.25, 0.3) is 22.3 Å². The molecule has 0 saturated heterocycles. The zero-order chi connectivity index (χ0) is 19.4. The molecule has 0 bridgehead atoms. The van der Waals surface area contributed by atoms with Crippen LogP contribution in [0.4, 0.5) is 0 Å². The molecule has 140 valence electrons. The summed E-state index contributed by atoms with van der Waals surface area (Å²) in [5, 5.41) is 0. The largest absolute Gasteiger partial charge is 0.0654 e. The molecule has 4 aromatic carbocycles. The number of benzene rings is 4. The molecule has 0 nitrogen and oxygen atoms in total. The van der Waals surface area contributed by atoms with Crippen molar-refractivity contribution in [3.63, 3.8) is 0 Å². The molecule has 0 spiro atoms. The van der Waals surface area contributed by atoms with Gasteiger partial charge in [-0.25, -0.2) is 0 Å². The smallest absolute Gasteiger partial charge is 0.0178 e. The van der Waals surface area contributed by atoms with E-state index in [0.29, 0.717) is 0 Å². The van der Waals surface area contributed by atoms with E-state index in [1.54, 1.807) is 0 Å². The van der Waals surface area contributed by atoms with Crippen LogP contribution in [0.15, 0.2) is 115 Å². The lowest BCUT2D eigenvalue weighted by molar-refractivity contribution is 0.795. The third kappa shape index (κ3) is 5.96. The summed E-state index contributed by atoms with van der Waals surface area (Å²) in [6, 6.07) is 40.3. The lowest BCUT2D eigenvalue weighted by atomic mass is 9.99. The molecule has 0 amide bonds. The van der Waals surface area contributed by atoms with Crippen LogP contribution >= 0.6 is 0 Å². The number of unbranched alkanes of at least 4 members (excludes halogenated alkanes) is 1. The summed E-state index contributed by atoms with van der Waals surface area (Å²) in [6.45, 7) is 2.23. The Morgan fingerprint density at radius 1 is 0.464 bits per heavy atom. The number of hydrogen-bond acceptors (Lipinski definition) is 0. The van der Waals surface area contributed by atoms with Gasteiger partial charge in [-0.2, -0.15) is 0 Å². The zero-order valence-electron chi connectivity index (χ0n) is 16.6. The summed E-state index contributed by atoms with van der Waals surface area (Å²) in [5.74, 6) is 0. The van der Waals surface area contributed by atoms with Crippen molar-refractivity contribution in [3.8, 4) is 22.3 Å². The number of aryl methyl sites for hydroxylation is 1. The lowest BCUT2D eigenvalue weighted by Crippen LogP contribution is -1.81. The van der Waals surface area contributed by atoms with E-state index in [4.69, 9.17) is 0 Å². The highest BCUT2D eigenvalue weighted by molar-refractivity contribution is 5.72. The second-order valence-electron chi connectivity index (χ2n) is 6.90. The number of hydrogen-bond donors (Lipinski definition) is 0. The van der Waals surface area contributed by atoms with Gasteiger partial charge < -0.3 is 0 Å². The molecule has 0 N–H and O–H groups in total. The van der Waals surface area contributed by atoms with Gasteiger partial charge >= 0.3 is 0 Å². The molecule has 0 fully saturated rings. The van der Waals surface area contributed by atoms with Gasteiger partial charge in [0.2, 0.25) is 0 Å². The Morgan fingerprint density at radius 3 is 1.36 bits per heavy atom. The molecule has 0 aliphatic rings. The molecule has 0 heteroatoms. The molecule has 0 heterocycles. The third-order valence-corrected chi connectivity index (χ3v) is 4.74. The molecule has 0 aliphatic heterocycles. The zero-order valence-corrected chi connectivity index (χ0v) is 16.6. The normalized spacial score (nSPS) is 10.0. The van der Waals surface area contributed by atoms with Gasteiger partial charge in [0.1, 0.15) is 0 Å². The second kappa shape index (κ2) is 10.9. The van der Waals surface area contributed by atoms with E-state index in [2.05, 4.69) is 110 Å². The summed E-state index contributed by atoms with van der Waals surface area (Å²) in [4.78, 5) is 0.